The third kappa shape index (κ3) is 1.98. The largest absolute Gasteiger partial charge is 0.481 e. The second-order valence-electron chi connectivity index (χ2n) is 4.88. The van der Waals surface area contributed by atoms with Crippen LogP contribution in [-0.2, 0) is 4.79 Å². The van der Waals surface area contributed by atoms with Gasteiger partial charge in [-0.2, -0.15) is 0 Å². The van der Waals surface area contributed by atoms with Crippen molar-refractivity contribution in [3.63, 3.8) is 0 Å². The quantitative estimate of drug-likeness (QED) is 0.888. The number of hydrogen-bond acceptors (Lipinski definition) is 5. The SMILES string of the molecule is CC(C)C1(C(=O)O)CCN(C(=O)c2csnn2)C1. The van der Waals surface area contributed by atoms with Gasteiger partial charge < -0.3 is 10.0 Å². The first kappa shape index (κ1) is 12.9. The van der Waals surface area contributed by atoms with Crippen molar-refractivity contribution < 1.29 is 14.7 Å². The van der Waals surface area contributed by atoms with Crippen LogP contribution in [0.25, 0.3) is 0 Å². The molecule has 1 aliphatic rings. The number of likely N-dealkylation sites (tertiary alicyclic amines) is 1. The average molecular weight is 269 g/mol. The van der Waals surface area contributed by atoms with Crippen LogP contribution >= 0.6 is 11.5 Å². The van der Waals surface area contributed by atoms with Crippen LogP contribution in [0.5, 0.6) is 0 Å². The third-order valence-electron chi connectivity index (χ3n) is 3.70. The first-order chi connectivity index (χ1) is 8.47. The number of rotatable bonds is 3. The molecule has 0 saturated carbocycles. The minimum Gasteiger partial charge on any atom is -0.481 e. The summed E-state index contributed by atoms with van der Waals surface area (Å²) in [5.74, 6) is -1.07. The second-order valence-corrected chi connectivity index (χ2v) is 5.49. The Morgan fingerprint density at radius 2 is 2.28 bits per heavy atom. The van der Waals surface area contributed by atoms with Gasteiger partial charge in [0.05, 0.1) is 5.41 Å². The maximum absolute atomic E-state index is 12.1. The van der Waals surface area contributed by atoms with Crippen LogP contribution in [0.4, 0.5) is 0 Å². The van der Waals surface area contributed by atoms with Crippen molar-refractivity contribution in [2.45, 2.75) is 20.3 Å². The molecule has 0 aromatic carbocycles. The van der Waals surface area contributed by atoms with E-state index < -0.39 is 11.4 Å². The summed E-state index contributed by atoms with van der Waals surface area (Å²) in [5.41, 5.74) is -0.538. The molecule has 98 valence electrons. The van der Waals surface area contributed by atoms with Crippen LogP contribution in [0.3, 0.4) is 0 Å². The molecule has 1 aromatic rings. The lowest BCUT2D eigenvalue weighted by molar-refractivity contribution is -0.150. The van der Waals surface area contributed by atoms with Gasteiger partial charge in [0.1, 0.15) is 0 Å². The molecule has 1 atom stereocenters. The molecule has 6 nitrogen and oxygen atoms in total. The number of carbonyl (C=O) groups is 2. The van der Waals surface area contributed by atoms with Crippen LogP contribution < -0.4 is 0 Å². The van der Waals surface area contributed by atoms with Crippen molar-refractivity contribution in [3.05, 3.63) is 11.1 Å². The molecule has 0 bridgehead atoms. The van der Waals surface area contributed by atoms with E-state index in [1.165, 1.54) is 0 Å². The molecular weight excluding hydrogens is 254 g/mol. The van der Waals surface area contributed by atoms with Gasteiger partial charge in [-0.1, -0.05) is 18.3 Å². The highest BCUT2D eigenvalue weighted by atomic mass is 32.1. The summed E-state index contributed by atoms with van der Waals surface area (Å²) < 4.78 is 3.65. The Labute approximate surface area is 109 Å². The van der Waals surface area contributed by atoms with E-state index in [2.05, 4.69) is 9.59 Å². The normalized spacial score (nSPS) is 23.6. The summed E-state index contributed by atoms with van der Waals surface area (Å²) in [7, 11) is 0. The Morgan fingerprint density at radius 1 is 1.56 bits per heavy atom. The van der Waals surface area contributed by atoms with E-state index in [1.54, 1.807) is 10.3 Å². The zero-order valence-electron chi connectivity index (χ0n) is 10.3. The molecule has 0 radical (unpaired) electrons. The van der Waals surface area contributed by atoms with Crippen molar-refractivity contribution >= 4 is 23.4 Å². The van der Waals surface area contributed by atoms with Gasteiger partial charge in [-0.05, 0) is 23.9 Å². The topological polar surface area (TPSA) is 83.4 Å². The van der Waals surface area contributed by atoms with Gasteiger partial charge in [0.15, 0.2) is 5.69 Å². The van der Waals surface area contributed by atoms with E-state index in [0.717, 1.165) is 11.5 Å². The number of amides is 1. The molecule has 18 heavy (non-hydrogen) atoms. The van der Waals surface area contributed by atoms with Gasteiger partial charge in [0.25, 0.3) is 5.91 Å². The number of aliphatic carboxylic acids is 1. The lowest BCUT2D eigenvalue weighted by Crippen LogP contribution is -2.40. The van der Waals surface area contributed by atoms with Crippen LogP contribution in [0.2, 0.25) is 0 Å². The molecule has 1 N–H and O–H groups in total. The Kier molecular flexibility index (Phi) is 3.34. The molecule has 1 aromatic heterocycles. The molecule has 0 aliphatic carbocycles. The summed E-state index contributed by atoms with van der Waals surface area (Å²) in [6.45, 7) is 4.47. The first-order valence-electron chi connectivity index (χ1n) is 5.77. The predicted molar refractivity (Wildman–Crippen MR) is 65.3 cm³/mol. The number of nitrogens with zero attached hydrogens (tertiary/aromatic N) is 3. The van der Waals surface area contributed by atoms with Gasteiger partial charge in [0, 0.05) is 18.5 Å². The van der Waals surface area contributed by atoms with E-state index in [0.29, 0.717) is 18.7 Å². The number of carboxylic acid groups (broad SMARTS) is 1. The zero-order valence-corrected chi connectivity index (χ0v) is 11.1. The Bertz CT molecular complexity index is 460. The minimum atomic E-state index is -0.834. The van der Waals surface area contributed by atoms with Crippen LogP contribution in [0, 0.1) is 11.3 Å². The average Bonchev–Trinajstić information content (AvgIpc) is 2.98. The number of hydrogen-bond donors (Lipinski definition) is 1. The van der Waals surface area contributed by atoms with Crippen molar-refractivity contribution in [3.8, 4) is 0 Å². The standard InChI is InChI=1S/C11H15N3O3S/c1-7(2)11(10(16)17)3-4-14(6-11)9(15)8-5-18-13-12-8/h5,7H,3-4,6H2,1-2H3,(H,16,17). The summed E-state index contributed by atoms with van der Waals surface area (Å²) in [5, 5.41) is 14.7. The lowest BCUT2D eigenvalue weighted by atomic mass is 9.76. The molecule has 0 spiro atoms. The van der Waals surface area contributed by atoms with Crippen molar-refractivity contribution in [1.29, 1.82) is 0 Å². The molecule has 1 amide bonds. The summed E-state index contributed by atoms with van der Waals surface area (Å²) in [4.78, 5) is 25.1. The van der Waals surface area contributed by atoms with E-state index in [1.807, 2.05) is 13.8 Å². The minimum absolute atomic E-state index is 0.0126. The molecule has 7 heteroatoms. The molecule has 1 fully saturated rings. The van der Waals surface area contributed by atoms with E-state index in [4.69, 9.17) is 0 Å². The number of aromatic nitrogens is 2. The smallest absolute Gasteiger partial charge is 0.311 e. The lowest BCUT2D eigenvalue weighted by Gasteiger charge is -2.28. The monoisotopic (exact) mass is 269 g/mol. The Balaban J connectivity index is 2.17. The number of carboxylic acids is 1. The fourth-order valence-electron chi connectivity index (χ4n) is 2.32. The molecule has 1 saturated heterocycles. The number of carbonyl (C=O) groups excluding carboxylic acids is 1. The Morgan fingerprint density at radius 3 is 2.72 bits per heavy atom. The fraction of sp³-hybridized carbons (Fsp3) is 0.636. The highest BCUT2D eigenvalue weighted by Gasteiger charge is 2.48. The van der Waals surface area contributed by atoms with Crippen LogP contribution in [0.15, 0.2) is 5.38 Å². The summed E-state index contributed by atoms with van der Waals surface area (Å²) >= 11 is 1.11. The van der Waals surface area contributed by atoms with Crippen molar-refractivity contribution in [2.75, 3.05) is 13.1 Å². The Hall–Kier alpha value is -1.50. The van der Waals surface area contributed by atoms with Gasteiger partial charge in [0.2, 0.25) is 0 Å². The summed E-state index contributed by atoms with van der Waals surface area (Å²) in [6.07, 6.45) is 0.489. The zero-order chi connectivity index (χ0) is 13.3. The fourth-order valence-corrected chi connectivity index (χ4v) is 2.75. The highest BCUT2D eigenvalue weighted by Crippen LogP contribution is 2.38. The first-order valence-corrected chi connectivity index (χ1v) is 6.61. The van der Waals surface area contributed by atoms with Crippen LogP contribution in [-0.4, -0.2) is 44.6 Å². The highest BCUT2D eigenvalue weighted by molar-refractivity contribution is 7.03. The predicted octanol–water partition coefficient (Wildman–Crippen LogP) is 1.11. The van der Waals surface area contributed by atoms with Crippen molar-refractivity contribution in [1.82, 2.24) is 14.5 Å². The van der Waals surface area contributed by atoms with Gasteiger partial charge in [-0.25, -0.2) is 0 Å². The maximum atomic E-state index is 12.1. The van der Waals surface area contributed by atoms with Crippen molar-refractivity contribution in [2.24, 2.45) is 11.3 Å². The molecule has 1 unspecified atom stereocenters. The van der Waals surface area contributed by atoms with E-state index in [-0.39, 0.29) is 18.4 Å². The molecule has 2 rings (SSSR count). The molecule has 2 heterocycles. The van der Waals surface area contributed by atoms with Gasteiger partial charge in [-0.3, -0.25) is 9.59 Å². The third-order valence-corrected chi connectivity index (χ3v) is 4.20. The molecule has 1 aliphatic heterocycles. The second kappa shape index (κ2) is 4.64. The maximum Gasteiger partial charge on any atom is 0.311 e. The van der Waals surface area contributed by atoms with Gasteiger partial charge in [-0.15, -0.1) is 5.10 Å². The molecular formula is C11H15N3O3S. The summed E-state index contributed by atoms with van der Waals surface area (Å²) in [6, 6.07) is 0. The van der Waals surface area contributed by atoms with E-state index >= 15 is 0 Å². The van der Waals surface area contributed by atoms with E-state index in [9.17, 15) is 14.7 Å². The van der Waals surface area contributed by atoms with Crippen LogP contribution in [0.1, 0.15) is 30.8 Å². The van der Waals surface area contributed by atoms with Gasteiger partial charge >= 0.3 is 5.97 Å².